The molecule has 1 rings (SSSR count). The van der Waals surface area contributed by atoms with Gasteiger partial charge in [-0.25, -0.2) is 0 Å². The fraction of sp³-hybridized carbons (Fsp3) is 0.500. The molecule has 6 heteroatoms. The maximum Gasteiger partial charge on any atom is 0.433 e. The van der Waals surface area contributed by atoms with Gasteiger partial charge in [-0.15, -0.1) is 0 Å². The van der Waals surface area contributed by atoms with Gasteiger partial charge in [0.15, 0.2) is 0 Å². The van der Waals surface area contributed by atoms with Crippen molar-refractivity contribution >= 4 is 0 Å². The summed E-state index contributed by atoms with van der Waals surface area (Å²) in [5.41, 5.74) is -1.67. The van der Waals surface area contributed by atoms with Crippen LogP contribution in [0, 0.1) is 0 Å². The van der Waals surface area contributed by atoms with Crippen molar-refractivity contribution in [3.8, 4) is 0 Å². The monoisotopic (exact) mass is 180 g/mol. The topological polar surface area (TPSA) is 37.8 Å². The molecule has 0 radical (unpaired) electrons. The van der Waals surface area contributed by atoms with Gasteiger partial charge in [0, 0.05) is 12.6 Å². The smallest absolute Gasteiger partial charge is 0.281 e. The van der Waals surface area contributed by atoms with Crippen LogP contribution in [0.5, 0.6) is 0 Å². The Hall–Kier alpha value is -1.20. The second kappa shape index (κ2) is 2.69. The largest absolute Gasteiger partial charge is 0.433 e. The fourth-order valence-electron chi connectivity index (χ4n) is 0.912. The third kappa shape index (κ3) is 1.51. The van der Waals surface area contributed by atoms with Crippen molar-refractivity contribution in [1.29, 1.82) is 0 Å². The highest BCUT2D eigenvalue weighted by molar-refractivity contribution is 5.04. The van der Waals surface area contributed by atoms with Crippen LogP contribution in [0.3, 0.4) is 0 Å². The lowest BCUT2D eigenvalue weighted by Crippen LogP contribution is -2.13. The third-order valence-electron chi connectivity index (χ3n) is 1.41. The molecule has 0 saturated heterocycles. The fourth-order valence-corrected chi connectivity index (χ4v) is 0.912. The van der Waals surface area contributed by atoms with Gasteiger partial charge in [-0.2, -0.15) is 13.2 Å². The molecule has 0 saturated carbocycles. The van der Waals surface area contributed by atoms with Gasteiger partial charge in [0.1, 0.15) is 5.69 Å². The minimum Gasteiger partial charge on any atom is -0.281 e. The SMILES string of the molecule is CCn1[nH]c(=O)cc1C(F)(F)F. The number of rotatable bonds is 1. The molecule has 1 N–H and O–H groups in total. The Kier molecular flexibility index (Phi) is 1.99. The summed E-state index contributed by atoms with van der Waals surface area (Å²) < 4.78 is 37.0. The molecule has 0 unspecified atom stereocenters. The molecular formula is C6H7F3N2O. The zero-order chi connectivity index (χ0) is 9.35. The van der Waals surface area contributed by atoms with E-state index in [1.807, 2.05) is 5.10 Å². The van der Waals surface area contributed by atoms with E-state index < -0.39 is 17.4 Å². The summed E-state index contributed by atoms with van der Waals surface area (Å²) >= 11 is 0. The number of aryl methyl sites for hydroxylation is 1. The highest BCUT2D eigenvalue weighted by Crippen LogP contribution is 2.27. The van der Waals surface area contributed by atoms with Crippen molar-refractivity contribution in [3.63, 3.8) is 0 Å². The molecule has 0 aromatic carbocycles. The quantitative estimate of drug-likeness (QED) is 0.693. The van der Waals surface area contributed by atoms with Crippen molar-refractivity contribution in [3.05, 3.63) is 22.1 Å². The summed E-state index contributed by atoms with van der Waals surface area (Å²) in [4.78, 5) is 10.5. The van der Waals surface area contributed by atoms with Gasteiger partial charge < -0.3 is 0 Å². The zero-order valence-corrected chi connectivity index (χ0v) is 6.27. The molecule has 0 bridgehead atoms. The molecule has 68 valence electrons. The normalized spacial score (nSPS) is 12.0. The van der Waals surface area contributed by atoms with Crippen molar-refractivity contribution in [2.75, 3.05) is 0 Å². The molecule has 0 fully saturated rings. The number of H-pyrrole nitrogens is 1. The third-order valence-corrected chi connectivity index (χ3v) is 1.41. The van der Waals surface area contributed by atoms with Crippen LogP contribution in [-0.4, -0.2) is 9.78 Å². The first kappa shape index (κ1) is 8.89. The van der Waals surface area contributed by atoms with Crippen molar-refractivity contribution in [2.24, 2.45) is 0 Å². The molecule has 0 aliphatic heterocycles. The number of alkyl halides is 3. The molecule has 12 heavy (non-hydrogen) atoms. The summed E-state index contributed by atoms with van der Waals surface area (Å²) in [5, 5.41) is 2.04. The van der Waals surface area contributed by atoms with E-state index in [2.05, 4.69) is 0 Å². The van der Waals surface area contributed by atoms with Gasteiger partial charge in [-0.05, 0) is 6.92 Å². The lowest BCUT2D eigenvalue weighted by Gasteiger charge is -2.07. The van der Waals surface area contributed by atoms with E-state index in [4.69, 9.17) is 0 Å². The predicted octanol–water partition coefficient (Wildman–Crippen LogP) is 1.22. The van der Waals surface area contributed by atoms with E-state index in [0.717, 1.165) is 4.68 Å². The van der Waals surface area contributed by atoms with Gasteiger partial charge in [0.05, 0.1) is 0 Å². The Morgan fingerprint density at radius 2 is 2.17 bits per heavy atom. The molecule has 3 nitrogen and oxygen atoms in total. The van der Waals surface area contributed by atoms with Gasteiger partial charge in [-0.3, -0.25) is 14.6 Å². The van der Waals surface area contributed by atoms with Crippen LogP contribution < -0.4 is 5.56 Å². The average Bonchev–Trinajstić information content (AvgIpc) is 2.29. The molecule has 0 spiro atoms. The van der Waals surface area contributed by atoms with Crippen molar-refractivity contribution in [2.45, 2.75) is 19.6 Å². The minimum atomic E-state index is -4.46. The van der Waals surface area contributed by atoms with Crippen molar-refractivity contribution in [1.82, 2.24) is 9.78 Å². The van der Waals surface area contributed by atoms with Gasteiger partial charge in [-0.1, -0.05) is 0 Å². The van der Waals surface area contributed by atoms with Crippen LogP contribution in [0.15, 0.2) is 10.9 Å². The van der Waals surface area contributed by atoms with Crippen LogP contribution in [0.1, 0.15) is 12.6 Å². The number of aromatic nitrogens is 2. The first-order valence-electron chi connectivity index (χ1n) is 3.32. The second-order valence-electron chi connectivity index (χ2n) is 2.25. The van der Waals surface area contributed by atoms with Gasteiger partial charge >= 0.3 is 6.18 Å². The lowest BCUT2D eigenvalue weighted by atomic mass is 10.4. The second-order valence-corrected chi connectivity index (χ2v) is 2.25. The van der Waals surface area contributed by atoms with E-state index in [0.29, 0.717) is 6.07 Å². The predicted molar refractivity (Wildman–Crippen MR) is 35.7 cm³/mol. The molecule has 1 aromatic rings. The number of nitrogens with one attached hydrogen (secondary N) is 1. The maximum absolute atomic E-state index is 12.1. The molecular weight excluding hydrogens is 173 g/mol. The van der Waals surface area contributed by atoms with E-state index in [-0.39, 0.29) is 6.54 Å². The number of halogens is 3. The highest BCUT2D eigenvalue weighted by Gasteiger charge is 2.34. The van der Waals surface area contributed by atoms with Gasteiger partial charge in [0.2, 0.25) is 0 Å². The summed E-state index contributed by atoms with van der Waals surface area (Å²) in [6.07, 6.45) is -4.46. The average molecular weight is 180 g/mol. The molecule has 0 aliphatic carbocycles. The number of hydrogen-bond acceptors (Lipinski definition) is 1. The Morgan fingerprint density at radius 3 is 2.50 bits per heavy atom. The van der Waals surface area contributed by atoms with Gasteiger partial charge in [0.25, 0.3) is 5.56 Å². The zero-order valence-electron chi connectivity index (χ0n) is 6.27. The molecule has 0 aliphatic rings. The number of hydrogen-bond donors (Lipinski definition) is 1. The number of nitrogens with zero attached hydrogens (tertiary/aromatic N) is 1. The number of aromatic amines is 1. The van der Waals surface area contributed by atoms with Crippen LogP contribution >= 0.6 is 0 Å². The first-order chi connectivity index (χ1) is 5.45. The van der Waals surface area contributed by atoms with Crippen LogP contribution in [0.25, 0.3) is 0 Å². The highest BCUT2D eigenvalue weighted by atomic mass is 19.4. The van der Waals surface area contributed by atoms with Crippen LogP contribution in [0.2, 0.25) is 0 Å². The Labute approximate surface area is 65.8 Å². The maximum atomic E-state index is 12.1. The summed E-state index contributed by atoms with van der Waals surface area (Å²) in [6, 6.07) is 0.545. The standard InChI is InChI=1S/C6H7F3N2O/c1-2-11-4(6(7,8)9)3-5(12)10-11/h3H,2H2,1H3,(H,10,12). The van der Waals surface area contributed by atoms with Crippen molar-refractivity contribution < 1.29 is 13.2 Å². The Morgan fingerprint density at radius 1 is 1.58 bits per heavy atom. The summed E-state index contributed by atoms with van der Waals surface area (Å²) in [5.74, 6) is 0. The van der Waals surface area contributed by atoms with E-state index in [1.165, 1.54) is 6.92 Å². The first-order valence-corrected chi connectivity index (χ1v) is 3.32. The van der Waals surface area contributed by atoms with Crippen LogP contribution in [0.4, 0.5) is 13.2 Å². The van der Waals surface area contributed by atoms with E-state index in [9.17, 15) is 18.0 Å². The van der Waals surface area contributed by atoms with E-state index in [1.54, 1.807) is 0 Å². The molecule has 1 aromatic heterocycles. The van der Waals surface area contributed by atoms with E-state index >= 15 is 0 Å². The minimum absolute atomic E-state index is 0.0943. The molecule has 0 amide bonds. The molecule has 0 atom stereocenters. The Bertz CT molecular complexity index is 322. The summed E-state index contributed by atoms with van der Waals surface area (Å²) in [6.45, 7) is 1.61. The Balaban J connectivity index is 3.23. The summed E-state index contributed by atoms with van der Waals surface area (Å²) in [7, 11) is 0. The molecule has 1 heterocycles. The van der Waals surface area contributed by atoms with Crippen LogP contribution in [-0.2, 0) is 12.7 Å². The lowest BCUT2D eigenvalue weighted by molar-refractivity contribution is -0.144.